The normalized spacial score (nSPS) is 12.8. The maximum atomic E-state index is 13.2. The van der Waals surface area contributed by atoms with Crippen molar-refractivity contribution in [3.8, 4) is 0 Å². The molecule has 0 unspecified atom stereocenters. The minimum atomic E-state index is -0.591. The molecule has 0 radical (unpaired) electrons. The maximum absolute atomic E-state index is 13.2. The van der Waals surface area contributed by atoms with Gasteiger partial charge in [-0.1, -0.05) is 63.2 Å². The quantitative estimate of drug-likeness (QED) is 0.302. The third kappa shape index (κ3) is 7.60. The van der Waals surface area contributed by atoms with Gasteiger partial charge in [-0.15, -0.1) is 0 Å². The Morgan fingerprint density at radius 3 is 2.17 bits per heavy atom. The highest BCUT2D eigenvalue weighted by Crippen LogP contribution is 2.25. The summed E-state index contributed by atoms with van der Waals surface area (Å²) in [5, 5.41) is 2.77. The molecule has 0 aliphatic rings. The van der Waals surface area contributed by atoms with E-state index < -0.39 is 22.8 Å². The Morgan fingerprint density at radius 1 is 0.905 bits per heavy atom. The third-order valence-electron chi connectivity index (χ3n) is 6.05. The number of ether oxygens (including phenoxy) is 1. The Hall–Kier alpha value is -4.99. The number of carbonyl (C=O) groups is 2. The van der Waals surface area contributed by atoms with E-state index in [1.165, 1.54) is 18.5 Å². The van der Waals surface area contributed by atoms with E-state index in [-0.39, 0.29) is 28.4 Å². The SMILES string of the molecule is CC(C)(C)OC(=O)NCc1ccc(C(=O)c2cccc(C=c3[nH]c(=O)c(=Cc4ncoc4C(C)(C)C)[nH]c3=O)c2)cc1. The second kappa shape index (κ2) is 11.9. The van der Waals surface area contributed by atoms with E-state index in [2.05, 4.69) is 20.3 Å². The zero-order valence-corrected chi connectivity index (χ0v) is 24.5. The van der Waals surface area contributed by atoms with E-state index in [1.54, 1.807) is 69.3 Å². The van der Waals surface area contributed by atoms with E-state index in [0.29, 0.717) is 28.1 Å². The molecule has 0 spiro atoms. The van der Waals surface area contributed by atoms with Gasteiger partial charge in [-0.3, -0.25) is 14.4 Å². The minimum Gasteiger partial charge on any atom is -0.447 e. The van der Waals surface area contributed by atoms with Crippen LogP contribution in [0.15, 0.2) is 68.9 Å². The summed E-state index contributed by atoms with van der Waals surface area (Å²) in [4.78, 5) is 60.0. The van der Waals surface area contributed by atoms with E-state index in [4.69, 9.17) is 9.15 Å². The molecule has 10 nitrogen and oxygen atoms in total. The Labute approximate surface area is 242 Å². The summed E-state index contributed by atoms with van der Waals surface area (Å²) in [5.74, 6) is 0.374. The number of alkyl carbamates (subject to hydrolysis) is 1. The molecule has 0 aliphatic carbocycles. The first kappa shape index (κ1) is 30.0. The molecule has 0 fully saturated rings. The summed E-state index contributed by atoms with van der Waals surface area (Å²) in [6, 6.07) is 13.6. The van der Waals surface area contributed by atoms with Gasteiger partial charge in [0.2, 0.25) is 0 Å². The predicted molar refractivity (Wildman–Crippen MR) is 159 cm³/mol. The Balaban J connectivity index is 1.54. The molecule has 0 atom stereocenters. The molecular formula is C32H34N4O6. The number of nitrogens with zero attached hydrogens (tertiary/aromatic N) is 1. The molecule has 218 valence electrons. The number of aromatic nitrogens is 3. The molecule has 42 heavy (non-hydrogen) atoms. The van der Waals surface area contributed by atoms with Gasteiger partial charge in [-0.2, -0.15) is 0 Å². The van der Waals surface area contributed by atoms with Gasteiger partial charge in [0.15, 0.2) is 12.2 Å². The maximum Gasteiger partial charge on any atom is 0.407 e. The van der Waals surface area contributed by atoms with Crippen LogP contribution in [0.25, 0.3) is 12.2 Å². The van der Waals surface area contributed by atoms with E-state index >= 15 is 0 Å². The van der Waals surface area contributed by atoms with Crippen LogP contribution in [-0.2, 0) is 16.7 Å². The first-order valence-electron chi connectivity index (χ1n) is 13.4. The highest BCUT2D eigenvalue weighted by molar-refractivity contribution is 6.09. The average Bonchev–Trinajstić information content (AvgIpc) is 3.38. The summed E-state index contributed by atoms with van der Waals surface area (Å²) < 4.78 is 10.7. The lowest BCUT2D eigenvalue weighted by Gasteiger charge is -2.19. The van der Waals surface area contributed by atoms with E-state index in [9.17, 15) is 19.2 Å². The first-order chi connectivity index (χ1) is 19.7. The third-order valence-corrected chi connectivity index (χ3v) is 6.05. The topological polar surface area (TPSA) is 147 Å². The lowest BCUT2D eigenvalue weighted by molar-refractivity contribution is 0.0523. The molecule has 4 rings (SSSR count). The van der Waals surface area contributed by atoms with Crippen LogP contribution in [0.5, 0.6) is 0 Å². The van der Waals surface area contributed by atoms with Crippen LogP contribution in [-0.4, -0.2) is 32.4 Å². The van der Waals surface area contributed by atoms with Crippen molar-refractivity contribution in [2.75, 3.05) is 0 Å². The molecule has 0 aliphatic heterocycles. The number of hydrogen-bond acceptors (Lipinski definition) is 7. The molecule has 1 amide bonds. The second-order valence-corrected chi connectivity index (χ2v) is 11.8. The minimum absolute atomic E-state index is 0.0415. The lowest BCUT2D eigenvalue weighted by atomic mass is 9.92. The Kier molecular flexibility index (Phi) is 8.46. The lowest BCUT2D eigenvalue weighted by Crippen LogP contribution is -2.46. The average molecular weight is 571 g/mol. The zero-order valence-electron chi connectivity index (χ0n) is 24.5. The molecule has 0 saturated carbocycles. The van der Waals surface area contributed by atoms with Gasteiger partial charge in [0, 0.05) is 23.1 Å². The molecule has 0 bridgehead atoms. The zero-order chi connectivity index (χ0) is 30.7. The summed E-state index contributed by atoms with van der Waals surface area (Å²) in [5.41, 5.74) is 0.753. The van der Waals surface area contributed by atoms with Crippen molar-refractivity contribution in [2.24, 2.45) is 0 Å². The van der Waals surface area contributed by atoms with Crippen LogP contribution >= 0.6 is 0 Å². The van der Waals surface area contributed by atoms with Crippen molar-refractivity contribution in [3.05, 3.63) is 120 Å². The van der Waals surface area contributed by atoms with Crippen LogP contribution in [0.3, 0.4) is 0 Å². The fraction of sp³-hybridized carbons (Fsp3) is 0.281. The number of rotatable bonds is 6. The molecule has 3 N–H and O–H groups in total. The molecule has 0 saturated heterocycles. The van der Waals surface area contributed by atoms with Crippen molar-refractivity contribution < 1.29 is 18.7 Å². The Morgan fingerprint density at radius 2 is 1.55 bits per heavy atom. The molecule has 10 heteroatoms. The van der Waals surface area contributed by atoms with Crippen molar-refractivity contribution >= 4 is 24.0 Å². The van der Waals surface area contributed by atoms with Gasteiger partial charge in [-0.05, 0) is 50.1 Å². The van der Waals surface area contributed by atoms with E-state index in [0.717, 1.165) is 5.56 Å². The van der Waals surface area contributed by atoms with Crippen LogP contribution in [0.2, 0.25) is 0 Å². The summed E-state index contributed by atoms with van der Waals surface area (Å²) in [7, 11) is 0. The van der Waals surface area contributed by atoms with Crippen LogP contribution < -0.4 is 27.1 Å². The summed E-state index contributed by atoms with van der Waals surface area (Å²) >= 11 is 0. The van der Waals surface area contributed by atoms with Gasteiger partial charge in [0.25, 0.3) is 11.1 Å². The standard InChI is InChI=1S/C32H34N4O6/c1-31(2,3)27-23(34-18-41-27)16-25-29(39)35-24(28(38)36-25)15-20-8-7-9-22(14-20)26(37)21-12-10-19(11-13-21)17-33-30(40)42-32(4,5)6/h7-16,18H,17H2,1-6H3,(H,33,40)(H,35,39)(H,36,38). The summed E-state index contributed by atoms with van der Waals surface area (Å²) in [6.07, 6.45) is 3.76. The van der Waals surface area contributed by atoms with Crippen molar-refractivity contribution in [1.29, 1.82) is 0 Å². The summed E-state index contributed by atoms with van der Waals surface area (Å²) in [6.45, 7) is 11.5. The number of H-pyrrole nitrogens is 2. The smallest absolute Gasteiger partial charge is 0.407 e. The fourth-order valence-corrected chi connectivity index (χ4v) is 4.12. The number of oxazole rings is 1. The van der Waals surface area contributed by atoms with Gasteiger partial charge < -0.3 is 24.4 Å². The largest absolute Gasteiger partial charge is 0.447 e. The fourth-order valence-electron chi connectivity index (χ4n) is 4.12. The molecule has 2 heterocycles. The second-order valence-electron chi connectivity index (χ2n) is 11.8. The van der Waals surface area contributed by atoms with Crippen LogP contribution in [0.1, 0.15) is 80.0 Å². The molecule has 4 aromatic rings. The van der Waals surface area contributed by atoms with Gasteiger partial charge in [0.1, 0.15) is 27.8 Å². The number of benzene rings is 2. The van der Waals surface area contributed by atoms with E-state index in [1.807, 2.05) is 20.8 Å². The number of aromatic amines is 2. The van der Waals surface area contributed by atoms with Crippen molar-refractivity contribution in [1.82, 2.24) is 20.3 Å². The number of hydrogen-bond donors (Lipinski definition) is 3. The molecule has 2 aromatic carbocycles. The molecule has 2 aromatic heterocycles. The van der Waals surface area contributed by atoms with Gasteiger partial charge >= 0.3 is 6.09 Å². The van der Waals surface area contributed by atoms with Crippen LogP contribution in [0, 0.1) is 0 Å². The number of carbonyl (C=O) groups excluding carboxylic acids is 2. The highest BCUT2D eigenvalue weighted by Gasteiger charge is 2.22. The van der Waals surface area contributed by atoms with Gasteiger partial charge in [0.05, 0.1) is 0 Å². The monoisotopic (exact) mass is 570 g/mol. The number of ketones is 1. The van der Waals surface area contributed by atoms with Crippen molar-refractivity contribution in [3.63, 3.8) is 0 Å². The highest BCUT2D eigenvalue weighted by atomic mass is 16.6. The van der Waals surface area contributed by atoms with Crippen molar-refractivity contribution in [2.45, 2.75) is 59.1 Å². The van der Waals surface area contributed by atoms with Gasteiger partial charge in [-0.25, -0.2) is 9.78 Å². The first-order valence-corrected chi connectivity index (χ1v) is 13.4. The van der Waals surface area contributed by atoms with Crippen LogP contribution in [0.4, 0.5) is 4.79 Å². The Bertz CT molecular complexity index is 1850. The molecular weight excluding hydrogens is 536 g/mol. The number of nitrogens with one attached hydrogen (secondary N) is 3. The predicted octanol–water partition coefficient (Wildman–Crippen LogP) is 3.26. The number of amides is 1.